The Hall–Kier alpha value is -5.34. The summed E-state index contributed by atoms with van der Waals surface area (Å²) in [7, 11) is 0. The van der Waals surface area contributed by atoms with E-state index in [9.17, 15) is 19.2 Å². The molecule has 48 heavy (non-hydrogen) atoms. The Balaban J connectivity index is 1.24. The normalized spacial score (nSPS) is 14.1. The largest absolute Gasteiger partial charge is 0.478 e. The van der Waals surface area contributed by atoms with Crippen molar-refractivity contribution in [2.24, 2.45) is 0 Å². The standard InChI is InChI=1S/C37H39FN6O4/c1-24(14-17-40-36(45)35-25(2)41-23-42-26(35)3)43-18-15-31(16-19-43)44(22-29-20-27(21-39)4-13-34(29)38)30-7-11-33(12-8-30)48-32-9-5-28(6-10-32)37(46)47/h4-13,20,23-24,31H,14-19,22H2,1-3H3,(H,40,45)(H,46,47). The second-order valence-electron chi connectivity index (χ2n) is 12.1. The molecule has 1 unspecified atom stereocenters. The lowest BCUT2D eigenvalue weighted by molar-refractivity contribution is 0.0696. The topological polar surface area (TPSA) is 132 Å². The molecule has 11 heteroatoms. The van der Waals surface area contributed by atoms with Crippen LogP contribution in [0.3, 0.4) is 0 Å². The predicted octanol–water partition coefficient (Wildman–Crippen LogP) is 6.27. The van der Waals surface area contributed by atoms with Gasteiger partial charge in [0.2, 0.25) is 0 Å². The summed E-state index contributed by atoms with van der Waals surface area (Å²) < 4.78 is 20.9. The van der Waals surface area contributed by atoms with Crippen LogP contribution in [0, 0.1) is 31.0 Å². The van der Waals surface area contributed by atoms with E-state index in [0.717, 1.165) is 38.0 Å². The van der Waals surface area contributed by atoms with Gasteiger partial charge in [0.05, 0.1) is 34.1 Å². The number of nitriles is 1. The van der Waals surface area contributed by atoms with Gasteiger partial charge in [-0.2, -0.15) is 5.26 Å². The lowest BCUT2D eigenvalue weighted by atomic mass is 9.99. The van der Waals surface area contributed by atoms with Crippen LogP contribution >= 0.6 is 0 Å². The number of likely N-dealkylation sites (tertiary alicyclic amines) is 1. The minimum absolute atomic E-state index is 0.123. The third-order valence-corrected chi connectivity index (χ3v) is 8.89. The number of halogens is 1. The molecule has 0 spiro atoms. The van der Waals surface area contributed by atoms with Crippen molar-refractivity contribution in [3.8, 4) is 17.6 Å². The van der Waals surface area contributed by atoms with E-state index in [2.05, 4.69) is 38.1 Å². The van der Waals surface area contributed by atoms with Crippen molar-refractivity contribution >= 4 is 17.6 Å². The van der Waals surface area contributed by atoms with Crippen LogP contribution in [0.4, 0.5) is 10.1 Å². The number of carbonyl (C=O) groups excluding carboxylic acids is 1. The first-order valence-electron chi connectivity index (χ1n) is 16.0. The van der Waals surface area contributed by atoms with Crippen LogP contribution in [0.15, 0.2) is 73.1 Å². The number of carbonyl (C=O) groups is 2. The number of carboxylic acids is 1. The van der Waals surface area contributed by atoms with Crippen LogP contribution in [-0.2, 0) is 6.54 Å². The summed E-state index contributed by atoms with van der Waals surface area (Å²) in [6.45, 7) is 8.30. The van der Waals surface area contributed by atoms with E-state index < -0.39 is 5.97 Å². The quantitative estimate of drug-likeness (QED) is 0.182. The average Bonchev–Trinajstić information content (AvgIpc) is 3.08. The molecule has 2 N–H and O–H groups in total. The van der Waals surface area contributed by atoms with Crippen LogP contribution in [0.2, 0.25) is 0 Å². The highest BCUT2D eigenvalue weighted by Crippen LogP contribution is 2.31. The van der Waals surface area contributed by atoms with Crippen LogP contribution in [0.5, 0.6) is 11.5 Å². The van der Waals surface area contributed by atoms with Gasteiger partial charge in [-0.1, -0.05) is 0 Å². The van der Waals surface area contributed by atoms with Gasteiger partial charge >= 0.3 is 5.97 Å². The number of aromatic nitrogens is 2. The first-order valence-corrected chi connectivity index (χ1v) is 16.0. The van der Waals surface area contributed by atoms with Gasteiger partial charge in [0.1, 0.15) is 23.6 Å². The zero-order valence-corrected chi connectivity index (χ0v) is 27.3. The first kappa shape index (κ1) is 34.0. The Labute approximate surface area is 279 Å². The number of ether oxygens (including phenoxy) is 1. The van der Waals surface area contributed by atoms with Gasteiger partial charge in [-0.05, 0) is 107 Å². The Morgan fingerprint density at radius 2 is 1.67 bits per heavy atom. The van der Waals surface area contributed by atoms with Crippen molar-refractivity contribution in [1.29, 1.82) is 5.26 Å². The summed E-state index contributed by atoms with van der Waals surface area (Å²) in [5, 5.41) is 21.6. The van der Waals surface area contributed by atoms with Gasteiger partial charge in [0, 0.05) is 49.5 Å². The molecule has 0 radical (unpaired) electrons. The van der Waals surface area contributed by atoms with E-state index in [-0.39, 0.29) is 29.4 Å². The molecular formula is C37H39FN6O4. The molecule has 1 fully saturated rings. The fraction of sp³-hybridized carbons (Fsp3) is 0.324. The molecule has 5 rings (SSSR count). The van der Waals surface area contributed by atoms with Crippen LogP contribution in [0.25, 0.3) is 0 Å². The second kappa shape index (κ2) is 15.5. The number of anilines is 1. The zero-order chi connectivity index (χ0) is 34.2. The molecule has 1 saturated heterocycles. The molecule has 1 aliphatic heterocycles. The van der Waals surface area contributed by atoms with Gasteiger partial charge in [-0.3, -0.25) is 4.79 Å². The molecule has 3 aromatic carbocycles. The van der Waals surface area contributed by atoms with Crippen molar-refractivity contribution in [3.05, 3.63) is 113 Å². The number of carboxylic acid groups (broad SMARTS) is 1. The van der Waals surface area contributed by atoms with Crippen LogP contribution in [0.1, 0.15) is 69.4 Å². The van der Waals surface area contributed by atoms with Crippen molar-refractivity contribution in [2.45, 2.75) is 58.7 Å². The van der Waals surface area contributed by atoms with E-state index >= 15 is 0 Å². The van der Waals surface area contributed by atoms with Crippen molar-refractivity contribution in [2.75, 3.05) is 24.5 Å². The Kier molecular flexibility index (Phi) is 11.0. The number of benzene rings is 3. The Morgan fingerprint density at radius 3 is 2.27 bits per heavy atom. The monoisotopic (exact) mass is 650 g/mol. The third kappa shape index (κ3) is 8.32. The van der Waals surface area contributed by atoms with E-state index in [4.69, 9.17) is 9.84 Å². The summed E-state index contributed by atoms with van der Waals surface area (Å²) in [6.07, 6.45) is 3.96. The van der Waals surface area contributed by atoms with Crippen molar-refractivity contribution in [3.63, 3.8) is 0 Å². The van der Waals surface area contributed by atoms with Gasteiger partial charge in [-0.25, -0.2) is 19.2 Å². The highest BCUT2D eigenvalue weighted by Gasteiger charge is 2.28. The fourth-order valence-corrected chi connectivity index (χ4v) is 6.11. The SMILES string of the molecule is Cc1ncnc(C)c1C(=O)NCCC(C)N1CCC(N(Cc2cc(C#N)ccc2F)c2ccc(Oc3ccc(C(=O)O)cc3)cc2)CC1. The maximum atomic E-state index is 15.0. The van der Waals surface area contributed by atoms with Gasteiger partial charge < -0.3 is 25.0 Å². The first-order chi connectivity index (χ1) is 23.1. The molecule has 1 aromatic heterocycles. The van der Waals surface area contributed by atoms with Crippen LogP contribution < -0.4 is 15.0 Å². The molecule has 0 saturated carbocycles. The minimum Gasteiger partial charge on any atom is -0.478 e. The zero-order valence-electron chi connectivity index (χ0n) is 27.3. The van der Waals surface area contributed by atoms with E-state index in [1.165, 1.54) is 30.6 Å². The lowest BCUT2D eigenvalue weighted by Gasteiger charge is -2.42. The van der Waals surface area contributed by atoms with Gasteiger partial charge in [0.25, 0.3) is 5.91 Å². The number of nitrogens with zero attached hydrogens (tertiary/aromatic N) is 5. The Morgan fingerprint density at radius 1 is 1.04 bits per heavy atom. The number of piperidine rings is 1. The summed E-state index contributed by atoms with van der Waals surface area (Å²) >= 11 is 0. The number of hydrogen-bond acceptors (Lipinski definition) is 8. The molecule has 1 atom stereocenters. The molecule has 4 aromatic rings. The molecule has 1 amide bonds. The number of aromatic carboxylic acids is 1. The molecule has 1 aliphatic rings. The number of amides is 1. The summed E-state index contributed by atoms with van der Waals surface area (Å²) in [4.78, 5) is 36.9. The van der Waals surface area contributed by atoms with E-state index in [1.807, 2.05) is 24.3 Å². The second-order valence-corrected chi connectivity index (χ2v) is 12.1. The number of hydrogen-bond donors (Lipinski definition) is 2. The maximum Gasteiger partial charge on any atom is 0.335 e. The molecule has 2 heterocycles. The van der Waals surface area contributed by atoms with Gasteiger partial charge in [0.15, 0.2) is 0 Å². The summed E-state index contributed by atoms with van der Waals surface area (Å²) in [5.74, 6) is -0.422. The lowest BCUT2D eigenvalue weighted by Crippen LogP contribution is -2.48. The summed E-state index contributed by atoms with van der Waals surface area (Å²) in [6, 6.07) is 20.7. The number of aryl methyl sites for hydroxylation is 2. The van der Waals surface area contributed by atoms with E-state index in [0.29, 0.717) is 52.7 Å². The summed E-state index contributed by atoms with van der Waals surface area (Å²) in [5.41, 5.74) is 3.78. The van der Waals surface area contributed by atoms with Crippen molar-refractivity contribution < 1.29 is 23.8 Å². The predicted molar refractivity (Wildman–Crippen MR) is 180 cm³/mol. The molecule has 248 valence electrons. The average molecular weight is 651 g/mol. The number of nitrogens with one attached hydrogen (secondary N) is 1. The molecule has 0 bridgehead atoms. The third-order valence-electron chi connectivity index (χ3n) is 8.89. The smallest absolute Gasteiger partial charge is 0.335 e. The van der Waals surface area contributed by atoms with Gasteiger partial charge in [-0.15, -0.1) is 0 Å². The van der Waals surface area contributed by atoms with Crippen LogP contribution in [-0.4, -0.2) is 63.6 Å². The Bertz CT molecular complexity index is 1760. The minimum atomic E-state index is -1.00. The maximum absolute atomic E-state index is 15.0. The highest BCUT2D eigenvalue weighted by atomic mass is 19.1. The molecular weight excluding hydrogens is 611 g/mol. The highest BCUT2D eigenvalue weighted by molar-refractivity contribution is 5.96. The fourth-order valence-electron chi connectivity index (χ4n) is 6.11. The molecule has 0 aliphatic carbocycles. The van der Waals surface area contributed by atoms with Crippen molar-refractivity contribution in [1.82, 2.24) is 20.2 Å². The molecule has 10 nitrogen and oxygen atoms in total. The number of rotatable bonds is 12. The van der Waals surface area contributed by atoms with E-state index in [1.54, 1.807) is 32.0 Å².